The van der Waals surface area contributed by atoms with Gasteiger partial charge >= 0.3 is 159 Å². The Morgan fingerprint density at radius 3 is 1.40 bits per heavy atom. The monoisotopic (exact) mass is 356 g/mol. The first-order valence-corrected chi connectivity index (χ1v) is 10.3. The first-order chi connectivity index (χ1) is 12.4. The summed E-state index contributed by atoms with van der Waals surface area (Å²) >= 11 is -0.441. The van der Waals surface area contributed by atoms with Crippen molar-refractivity contribution in [2.45, 2.75) is 10.1 Å². The van der Waals surface area contributed by atoms with Gasteiger partial charge in [-0.15, -0.1) is 0 Å². The molecule has 25 heavy (non-hydrogen) atoms. The second kappa shape index (κ2) is 7.39. The molecule has 0 unspecified atom stereocenters. The molecule has 0 fully saturated rings. The number of rotatable bonds is 5. The predicted molar refractivity (Wildman–Crippen MR) is 101 cm³/mol. The average molecular weight is 356 g/mol. The normalized spacial score (nSPS) is 13.5. The molecule has 1 heteroatoms. The van der Waals surface area contributed by atoms with Crippen LogP contribution in [0.25, 0.3) is 0 Å². The molecule has 3 aromatic rings. The van der Waals surface area contributed by atoms with Gasteiger partial charge in [0, 0.05) is 0 Å². The van der Waals surface area contributed by atoms with Crippen LogP contribution in [0.5, 0.6) is 0 Å². The van der Waals surface area contributed by atoms with Crippen molar-refractivity contribution in [3.63, 3.8) is 0 Å². The molecule has 0 radical (unpaired) electrons. The van der Waals surface area contributed by atoms with Crippen molar-refractivity contribution in [1.82, 2.24) is 0 Å². The molecule has 0 saturated heterocycles. The predicted octanol–water partition coefficient (Wildman–Crippen LogP) is 5.90. The zero-order chi connectivity index (χ0) is 17.0. The fraction of sp³-hybridized carbons (Fsp3) is 0.0833. The molecule has 0 nitrogen and oxygen atoms in total. The molecular weight excluding hydrogens is 336 g/mol. The molecule has 0 bridgehead atoms. The van der Waals surface area contributed by atoms with Crippen LogP contribution in [0.4, 0.5) is 0 Å². The van der Waals surface area contributed by atoms with E-state index in [1.165, 1.54) is 16.7 Å². The SMILES string of the molecule is C1=CC[C]([Ti][C](c2ccccc2)(c2ccccc2)c2ccccc2)=C1. The second-order valence-corrected chi connectivity index (χ2v) is 8.86. The van der Waals surface area contributed by atoms with Crippen molar-refractivity contribution >= 4 is 0 Å². The van der Waals surface area contributed by atoms with Crippen LogP contribution in [-0.4, -0.2) is 0 Å². The Balaban J connectivity index is 1.97. The van der Waals surface area contributed by atoms with Crippen LogP contribution >= 0.6 is 0 Å². The molecule has 0 saturated carbocycles. The summed E-state index contributed by atoms with van der Waals surface area (Å²) in [4.78, 5) is 0. The molecule has 0 aromatic heterocycles. The topological polar surface area (TPSA) is 0 Å². The molecule has 0 N–H and O–H groups in total. The molecular formula is C24H20Ti. The van der Waals surface area contributed by atoms with E-state index in [1.54, 1.807) is 3.88 Å². The number of benzene rings is 3. The molecule has 0 spiro atoms. The molecule has 1 aliphatic rings. The van der Waals surface area contributed by atoms with E-state index in [0.29, 0.717) is 0 Å². The summed E-state index contributed by atoms with van der Waals surface area (Å²) in [5.74, 6) is 0. The number of allylic oxidation sites excluding steroid dienone is 4. The van der Waals surface area contributed by atoms with Crippen LogP contribution in [0.15, 0.2) is 113 Å². The Morgan fingerprint density at radius 1 is 0.600 bits per heavy atom. The summed E-state index contributed by atoms with van der Waals surface area (Å²) < 4.78 is 1.57. The van der Waals surface area contributed by atoms with E-state index in [2.05, 4.69) is 109 Å². The number of hydrogen-bond acceptors (Lipinski definition) is 0. The Labute approximate surface area is 158 Å². The minimum absolute atomic E-state index is 0.0400. The van der Waals surface area contributed by atoms with E-state index >= 15 is 0 Å². The van der Waals surface area contributed by atoms with Crippen molar-refractivity contribution in [2.75, 3.05) is 0 Å². The first-order valence-electron chi connectivity index (χ1n) is 8.70. The zero-order valence-corrected chi connectivity index (χ0v) is 15.7. The van der Waals surface area contributed by atoms with Crippen LogP contribution in [-0.2, 0) is 22.9 Å². The van der Waals surface area contributed by atoms with Crippen molar-refractivity contribution in [3.8, 4) is 0 Å². The van der Waals surface area contributed by atoms with Gasteiger partial charge in [-0.05, 0) is 0 Å². The van der Waals surface area contributed by atoms with E-state index in [1.807, 2.05) is 0 Å². The summed E-state index contributed by atoms with van der Waals surface area (Å²) in [5.41, 5.74) is 4.21. The third-order valence-electron chi connectivity index (χ3n) is 4.74. The quantitative estimate of drug-likeness (QED) is 0.394. The summed E-state index contributed by atoms with van der Waals surface area (Å²) in [6, 6.07) is 33.1. The molecule has 3 aromatic carbocycles. The van der Waals surface area contributed by atoms with E-state index in [0.717, 1.165) is 6.42 Å². The molecule has 0 atom stereocenters. The molecule has 0 heterocycles. The van der Waals surface area contributed by atoms with Gasteiger partial charge in [0.1, 0.15) is 0 Å². The Kier molecular flexibility index (Phi) is 4.83. The third-order valence-corrected chi connectivity index (χ3v) is 7.76. The Bertz CT molecular complexity index is 780. The minimum atomic E-state index is -0.441. The standard InChI is InChI=1S/C19H15.C5H5.Ti/c1-4-10-16(11-5-1)19(17-12-6-2-7-13-17)18-14-8-3-9-15-18;1-2-4-5-3-1;/h1-15H;1-3H,4H2;. The van der Waals surface area contributed by atoms with Crippen LogP contribution in [0.2, 0.25) is 0 Å². The van der Waals surface area contributed by atoms with Crippen LogP contribution in [0.3, 0.4) is 0 Å². The van der Waals surface area contributed by atoms with E-state index in [-0.39, 0.29) is 3.72 Å². The van der Waals surface area contributed by atoms with Gasteiger partial charge in [-0.1, -0.05) is 0 Å². The molecule has 120 valence electrons. The van der Waals surface area contributed by atoms with Crippen molar-refractivity contribution in [1.29, 1.82) is 0 Å². The molecule has 4 rings (SSSR count). The van der Waals surface area contributed by atoms with Crippen LogP contribution < -0.4 is 0 Å². The Hall–Kier alpha value is -2.15. The maximum absolute atomic E-state index is 2.34. The molecule has 0 aliphatic heterocycles. The van der Waals surface area contributed by atoms with E-state index in [9.17, 15) is 0 Å². The van der Waals surface area contributed by atoms with E-state index in [4.69, 9.17) is 0 Å². The maximum atomic E-state index is 2.34. The average Bonchev–Trinajstić information content (AvgIpc) is 3.21. The molecule has 1 aliphatic carbocycles. The van der Waals surface area contributed by atoms with Gasteiger partial charge in [0.05, 0.1) is 0 Å². The van der Waals surface area contributed by atoms with Gasteiger partial charge in [-0.2, -0.15) is 0 Å². The van der Waals surface area contributed by atoms with Gasteiger partial charge in [-0.3, -0.25) is 0 Å². The number of hydrogen-bond donors (Lipinski definition) is 0. The van der Waals surface area contributed by atoms with Gasteiger partial charge in [0.15, 0.2) is 0 Å². The fourth-order valence-corrected chi connectivity index (χ4v) is 6.39. The Morgan fingerprint density at radius 2 is 1.04 bits per heavy atom. The van der Waals surface area contributed by atoms with Gasteiger partial charge in [-0.25, -0.2) is 0 Å². The van der Waals surface area contributed by atoms with E-state index < -0.39 is 19.2 Å². The summed E-state index contributed by atoms with van der Waals surface area (Å²) in [6.45, 7) is 0. The van der Waals surface area contributed by atoms with Gasteiger partial charge in [0.2, 0.25) is 0 Å². The summed E-state index contributed by atoms with van der Waals surface area (Å²) in [6.07, 6.45) is 7.94. The third kappa shape index (κ3) is 3.20. The summed E-state index contributed by atoms with van der Waals surface area (Å²) in [7, 11) is 0. The second-order valence-electron chi connectivity index (χ2n) is 6.30. The van der Waals surface area contributed by atoms with Crippen molar-refractivity contribution in [2.24, 2.45) is 0 Å². The van der Waals surface area contributed by atoms with Gasteiger partial charge in [0.25, 0.3) is 0 Å². The van der Waals surface area contributed by atoms with Crippen molar-refractivity contribution < 1.29 is 19.2 Å². The van der Waals surface area contributed by atoms with Crippen LogP contribution in [0.1, 0.15) is 23.1 Å². The zero-order valence-electron chi connectivity index (χ0n) is 14.1. The summed E-state index contributed by atoms with van der Waals surface area (Å²) in [5, 5.41) is 0. The fourth-order valence-electron chi connectivity index (χ4n) is 3.56. The van der Waals surface area contributed by atoms with Crippen LogP contribution in [0, 0.1) is 0 Å². The first kappa shape index (κ1) is 16.3. The molecule has 0 amide bonds. The van der Waals surface area contributed by atoms with Crippen molar-refractivity contribution in [3.05, 3.63) is 130 Å². The van der Waals surface area contributed by atoms with Gasteiger partial charge < -0.3 is 0 Å².